The van der Waals surface area contributed by atoms with Gasteiger partial charge in [0.2, 0.25) is 5.95 Å². The normalized spacial score (nSPS) is 22.8. The summed E-state index contributed by atoms with van der Waals surface area (Å²) in [6.45, 7) is 6.27. The average molecular weight is 336 g/mol. The number of piperidine rings is 1. The van der Waals surface area contributed by atoms with Gasteiger partial charge in [-0.1, -0.05) is 25.1 Å². The third-order valence-corrected chi connectivity index (χ3v) is 5.23. The number of carbonyl (C=O) groups is 1. The summed E-state index contributed by atoms with van der Waals surface area (Å²) >= 11 is 0. The third-order valence-electron chi connectivity index (χ3n) is 5.23. The van der Waals surface area contributed by atoms with Gasteiger partial charge in [0, 0.05) is 31.0 Å². The smallest absolute Gasteiger partial charge is 0.277 e. The van der Waals surface area contributed by atoms with E-state index in [9.17, 15) is 4.79 Å². The van der Waals surface area contributed by atoms with E-state index in [0.717, 1.165) is 31.6 Å². The zero-order chi connectivity index (χ0) is 17.4. The highest BCUT2D eigenvalue weighted by molar-refractivity contribution is 6.06. The van der Waals surface area contributed by atoms with Crippen LogP contribution in [0.4, 0.5) is 11.6 Å². The molecule has 0 bridgehead atoms. The van der Waals surface area contributed by atoms with E-state index in [0.29, 0.717) is 17.6 Å². The lowest BCUT2D eigenvalue weighted by Gasteiger charge is -2.31. The molecular formula is C20H24N4O. The molecule has 5 heteroatoms. The number of benzene rings is 1. The summed E-state index contributed by atoms with van der Waals surface area (Å²) < 4.78 is 0. The monoisotopic (exact) mass is 336 g/mol. The van der Waals surface area contributed by atoms with E-state index >= 15 is 0 Å². The minimum atomic E-state index is -0.0360. The van der Waals surface area contributed by atoms with Crippen LogP contribution in [0.2, 0.25) is 0 Å². The first-order valence-corrected chi connectivity index (χ1v) is 9.13. The molecule has 0 N–H and O–H groups in total. The summed E-state index contributed by atoms with van der Waals surface area (Å²) in [7, 11) is 0. The van der Waals surface area contributed by atoms with Crippen molar-refractivity contribution >= 4 is 17.5 Å². The van der Waals surface area contributed by atoms with Gasteiger partial charge in [0.1, 0.15) is 5.69 Å². The Morgan fingerprint density at radius 2 is 2.04 bits per heavy atom. The van der Waals surface area contributed by atoms with Crippen molar-refractivity contribution in [1.82, 2.24) is 9.97 Å². The number of rotatable bonds is 2. The highest BCUT2D eigenvalue weighted by Crippen LogP contribution is 2.33. The first-order chi connectivity index (χ1) is 12.1. The minimum Gasteiger partial charge on any atom is -0.341 e. The Kier molecular flexibility index (Phi) is 4.15. The Balaban J connectivity index is 1.62. The summed E-state index contributed by atoms with van der Waals surface area (Å²) in [6.07, 6.45) is 5.00. The van der Waals surface area contributed by atoms with Crippen LogP contribution in [0.1, 0.15) is 42.7 Å². The number of amides is 1. The molecule has 2 atom stereocenters. The summed E-state index contributed by atoms with van der Waals surface area (Å²) in [5.74, 6) is 1.28. The van der Waals surface area contributed by atoms with Gasteiger partial charge in [0.15, 0.2) is 0 Å². The molecule has 2 aromatic rings. The summed E-state index contributed by atoms with van der Waals surface area (Å²) in [5.41, 5.74) is 2.71. The van der Waals surface area contributed by atoms with Crippen molar-refractivity contribution in [2.75, 3.05) is 22.9 Å². The largest absolute Gasteiger partial charge is 0.341 e. The number of nitrogens with zero attached hydrogens (tertiary/aromatic N) is 4. The zero-order valence-corrected chi connectivity index (χ0v) is 14.9. The van der Waals surface area contributed by atoms with Crippen molar-refractivity contribution in [2.45, 2.75) is 39.2 Å². The highest BCUT2D eigenvalue weighted by atomic mass is 16.2. The van der Waals surface area contributed by atoms with Crippen molar-refractivity contribution < 1.29 is 4.79 Å². The third kappa shape index (κ3) is 2.99. The Morgan fingerprint density at radius 1 is 1.20 bits per heavy atom. The zero-order valence-electron chi connectivity index (χ0n) is 14.9. The van der Waals surface area contributed by atoms with Crippen molar-refractivity contribution in [3.8, 4) is 0 Å². The molecule has 130 valence electrons. The predicted molar refractivity (Wildman–Crippen MR) is 99.1 cm³/mol. The van der Waals surface area contributed by atoms with E-state index in [4.69, 9.17) is 0 Å². The Labute approximate surface area is 148 Å². The molecular weight excluding hydrogens is 312 g/mol. The molecule has 1 aromatic carbocycles. The number of fused-ring (bicyclic) bond motifs is 1. The number of hydrogen-bond acceptors (Lipinski definition) is 4. The molecule has 2 unspecified atom stereocenters. The van der Waals surface area contributed by atoms with E-state index in [1.165, 1.54) is 12.0 Å². The maximum absolute atomic E-state index is 13.1. The quantitative estimate of drug-likeness (QED) is 0.844. The molecule has 1 aromatic heterocycles. The standard InChI is InChI=1S/C20H24N4O/c1-14-6-5-11-23(13-14)20-21-10-9-17(22-20)19(25)24-15(2)12-16-7-3-4-8-18(16)24/h3-4,7-10,14-15H,5-6,11-13H2,1-2H3. The van der Waals surface area contributed by atoms with Gasteiger partial charge in [-0.15, -0.1) is 0 Å². The Hall–Kier alpha value is -2.43. The van der Waals surface area contributed by atoms with Crippen LogP contribution in [0.5, 0.6) is 0 Å². The molecule has 1 saturated heterocycles. The van der Waals surface area contributed by atoms with E-state index in [1.807, 2.05) is 23.1 Å². The Bertz CT molecular complexity index is 791. The highest BCUT2D eigenvalue weighted by Gasteiger charge is 2.32. The maximum atomic E-state index is 13.1. The maximum Gasteiger partial charge on any atom is 0.277 e. The van der Waals surface area contributed by atoms with Gasteiger partial charge in [-0.2, -0.15) is 0 Å². The molecule has 3 heterocycles. The number of carbonyl (C=O) groups excluding carboxylic acids is 1. The summed E-state index contributed by atoms with van der Waals surface area (Å²) in [5, 5.41) is 0. The molecule has 1 fully saturated rings. The van der Waals surface area contributed by atoms with Gasteiger partial charge in [-0.3, -0.25) is 4.79 Å². The molecule has 1 amide bonds. The molecule has 0 saturated carbocycles. The van der Waals surface area contributed by atoms with Crippen LogP contribution >= 0.6 is 0 Å². The molecule has 25 heavy (non-hydrogen) atoms. The van der Waals surface area contributed by atoms with Crippen molar-refractivity contribution in [1.29, 1.82) is 0 Å². The summed E-state index contributed by atoms with van der Waals surface area (Å²) in [6, 6.07) is 10.0. The molecule has 0 radical (unpaired) electrons. The average Bonchev–Trinajstić information content (AvgIpc) is 2.97. The molecule has 2 aliphatic heterocycles. The van der Waals surface area contributed by atoms with Gasteiger partial charge < -0.3 is 9.80 Å². The molecule has 5 nitrogen and oxygen atoms in total. The number of para-hydroxylation sites is 1. The lowest BCUT2D eigenvalue weighted by molar-refractivity contribution is 0.0976. The molecule has 0 spiro atoms. The number of aromatic nitrogens is 2. The Morgan fingerprint density at radius 3 is 2.88 bits per heavy atom. The van der Waals surface area contributed by atoms with Crippen LogP contribution in [-0.4, -0.2) is 35.0 Å². The number of hydrogen-bond donors (Lipinski definition) is 0. The van der Waals surface area contributed by atoms with Gasteiger partial charge >= 0.3 is 0 Å². The second-order valence-electron chi connectivity index (χ2n) is 7.29. The number of anilines is 2. The topological polar surface area (TPSA) is 49.3 Å². The fraction of sp³-hybridized carbons (Fsp3) is 0.450. The van der Waals surface area contributed by atoms with Crippen LogP contribution in [0.15, 0.2) is 36.5 Å². The van der Waals surface area contributed by atoms with E-state index in [1.54, 1.807) is 12.3 Å². The second kappa shape index (κ2) is 6.47. The van der Waals surface area contributed by atoms with Crippen molar-refractivity contribution in [3.63, 3.8) is 0 Å². The van der Waals surface area contributed by atoms with Crippen LogP contribution in [-0.2, 0) is 6.42 Å². The first kappa shape index (κ1) is 16.1. The van der Waals surface area contributed by atoms with Crippen LogP contribution < -0.4 is 9.80 Å². The van der Waals surface area contributed by atoms with Crippen LogP contribution in [0, 0.1) is 5.92 Å². The van der Waals surface area contributed by atoms with Crippen LogP contribution in [0.3, 0.4) is 0 Å². The van der Waals surface area contributed by atoms with Crippen molar-refractivity contribution in [3.05, 3.63) is 47.8 Å². The van der Waals surface area contributed by atoms with Gasteiger partial charge in [-0.05, 0) is 49.8 Å². The molecule has 4 rings (SSSR count). The second-order valence-corrected chi connectivity index (χ2v) is 7.29. The van der Waals surface area contributed by atoms with Crippen LogP contribution in [0.25, 0.3) is 0 Å². The van der Waals surface area contributed by atoms with Crippen molar-refractivity contribution in [2.24, 2.45) is 5.92 Å². The van der Waals surface area contributed by atoms with Gasteiger partial charge in [0.25, 0.3) is 5.91 Å². The van der Waals surface area contributed by atoms with E-state index in [-0.39, 0.29) is 11.9 Å². The fourth-order valence-corrected chi connectivity index (χ4v) is 3.99. The predicted octanol–water partition coefficient (Wildman–Crippen LogP) is 3.30. The lowest BCUT2D eigenvalue weighted by atomic mass is 10.0. The fourth-order valence-electron chi connectivity index (χ4n) is 3.99. The minimum absolute atomic E-state index is 0.0360. The van der Waals surface area contributed by atoms with E-state index in [2.05, 4.69) is 34.8 Å². The van der Waals surface area contributed by atoms with Gasteiger partial charge in [-0.25, -0.2) is 9.97 Å². The SMILES string of the molecule is CC1CCCN(c2nccc(C(=O)N3c4ccccc4CC3C)n2)C1. The lowest BCUT2D eigenvalue weighted by Crippen LogP contribution is -2.38. The van der Waals surface area contributed by atoms with E-state index < -0.39 is 0 Å². The molecule has 2 aliphatic rings. The first-order valence-electron chi connectivity index (χ1n) is 9.13. The van der Waals surface area contributed by atoms with Gasteiger partial charge in [0.05, 0.1) is 0 Å². The summed E-state index contributed by atoms with van der Waals surface area (Å²) in [4.78, 5) is 26.2. The molecule has 0 aliphatic carbocycles.